The van der Waals surface area contributed by atoms with Crippen LogP contribution in [0.5, 0.6) is 0 Å². The number of likely N-dealkylation sites (tertiary alicyclic amines) is 1. The molecule has 0 aliphatic carbocycles. The summed E-state index contributed by atoms with van der Waals surface area (Å²) in [5, 5.41) is 41.6. The van der Waals surface area contributed by atoms with Crippen molar-refractivity contribution in [3.8, 4) is 0 Å². The molecule has 59 heavy (non-hydrogen) atoms. The highest BCUT2D eigenvalue weighted by Crippen LogP contribution is 2.25. The lowest BCUT2D eigenvalue weighted by Gasteiger charge is -2.31. The van der Waals surface area contributed by atoms with Crippen LogP contribution in [-0.4, -0.2) is 129 Å². The van der Waals surface area contributed by atoms with Crippen LogP contribution >= 0.6 is 0 Å². The number of Topliss-reactive ketones (excluding diaryl/α,β-unsaturated/α-hetero) is 1. The number of carbonyl (C=O) groups is 11. The van der Waals surface area contributed by atoms with Gasteiger partial charge in [0.2, 0.25) is 41.2 Å². The first kappa shape index (κ1) is 48.7. The number of carboxylic acids is 3. The van der Waals surface area contributed by atoms with Gasteiger partial charge in [0.1, 0.15) is 36.8 Å². The lowest BCUT2D eigenvalue weighted by molar-refractivity contribution is -0.144. The fourth-order valence-electron chi connectivity index (χ4n) is 6.24. The van der Waals surface area contributed by atoms with Gasteiger partial charge in [0.15, 0.2) is 0 Å². The number of nitrogens with one attached hydrogen (secondary N) is 6. The molecule has 1 aliphatic rings. The van der Waals surface area contributed by atoms with E-state index in [1.807, 2.05) is 5.32 Å². The summed E-state index contributed by atoms with van der Waals surface area (Å²) >= 11 is 0. The number of aliphatic carboxylic acids is 3. The summed E-state index contributed by atoms with van der Waals surface area (Å²) in [4.78, 5) is 140. The van der Waals surface area contributed by atoms with Crippen LogP contribution in [0.1, 0.15) is 90.7 Å². The van der Waals surface area contributed by atoms with E-state index >= 15 is 0 Å². The second-order valence-electron chi connectivity index (χ2n) is 14.2. The fourth-order valence-corrected chi connectivity index (χ4v) is 6.24. The van der Waals surface area contributed by atoms with Gasteiger partial charge in [-0.05, 0) is 43.6 Å². The number of benzene rings is 1. The van der Waals surface area contributed by atoms with Crippen molar-refractivity contribution in [3.63, 3.8) is 0 Å². The highest BCUT2D eigenvalue weighted by molar-refractivity contribution is 6.38. The van der Waals surface area contributed by atoms with E-state index in [0.717, 1.165) is 6.92 Å². The molecule has 0 saturated carbocycles. The molecule has 9 N–H and O–H groups in total. The molecule has 0 spiro atoms. The molecule has 21 nitrogen and oxygen atoms in total. The first-order valence-corrected chi connectivity index (χ1v) is 19.1. The zero-order valence-electron chi connectivity index (χ0n) is 33.3. The van der Waals surface area contributed by atoms with Gasteiger partial charge in [-0.25, -0.2) is 0 Å². The molecule has 1 aliphatic heterocycles. The van der Waals surface area contributed by atoms with Crippen LogP contribution in [0.15, 0.2) is 30.3 Å². The minimum absolute atomic E-state index is 0.0399. The number of rotatable bonds is 24. The lowest BCUT2D eigenvalue weighted by atomic mass is 9.99. The number of carbonyl (C=O) groups excluding carboxylic acids is 8. The molecular formula is C38H53N7O14. The minimum atomic E-state index is -1.56. The van der Waals surface area contributed by atoms with Gasteiger partial charge in [0.05, 0.1) is 6.04 Å². The van der Waals surface area contributed by atoms with Crippen molar-refractivity contribution < 1.29 is 68.1 Å². The zero-order valence-corrected chi connectivity index (χ0v) is 33.3. The third-order valence-electron chi connectivity index (χ3n) is 9.21. The van der Waals surface area contributed by atoms with Crippen LogP contribution in [0.4, 0.5) is 0 Å². The average Bonchev–Trinajstić information content (AvgIpc) is 3.67. The molecule has 0 aromatic heterocycles. The number of hydrogen-bond acceptors (Lipinski definition) is 11. The monoisotopic (exact) mass is 831 g/mol. The lowest BCUT2D eigenvalue weighted by Crippen LogP contribution is -2.59. The van der Waals surface area contributed by atoms with Gasteiger partial charge in [0, 0.05) is 26.3 Å². The van der Waals surface area contributed by atoms with E-state index in [2.05, 4.69) is 26.6 Å². The van der Waals surface area contributed by atoms with Gasteiger partial charge in [-0.15, -0.1) is 0 Å². The molecule has 0 bridgehead atoms. The predicted molar refractivity (Wildman–Crippen MR) is 205 cm³/mol. The topological polar surface area (TPSA) is 324 Å². The maximum atomic E-state index is 14.3. The van der Waals surface area contributed by atoms with E-state index in [1.54, 1.807) is 51.1 Å². The summed E-state index contributed by atoms with van der Waals surface area (Å²) in [6, 6.07) is -0.208. The zero-order chi connectivity index (χ0) is 44.4. The highest BCUT2D eigenvalue weighted by atomic mass is 16.4. The number of ketones is 1. The summed E-state index contributed by atoms with van der Waals surface area (Å²) < 4.78 is 0. The molecular weight excluding hydrogens is 778 g/mol. The highest BCUT2D eigenvalue weighted by Gasteiger charge is 2.41. The molecule has 324 valence electrons. The first-order chi connectivity index (χ1) is 27.8. The maximum absolute atomic E-state index is 14.3. The third kappa shape index (κ3) is 15.8. The van der Waals surface area contributed by atoms with Crippen molar-refractivity contribution in [1.82, 2.24) is 36.8 Å². The second-order valence-corrected chi connectivity index (χ2v) is 14.2. The molecule has 1 saturated heterocycles. The summed E-state index contributed by atoms with van der Waals surface area (Å²) in [6.45, 7) is 5.20. The largest absolute Gasteiger partial charge is 0.481 e. The van der Waals surface area contributed by atoms with Crippen molar-refractivity contribution in [2.75, 3.05) is 13.1 Å². The average molecular weight is 832 g/mol. The Morgan fingerprint density at radius 1 is 0.712 bits per heavy atom. The number of nitrogens with zero attached hydrogens (tertiary/aromatic N) is 1. The summed E-state index contributed by atoms with van der Waals surface area (Å²) in [6.07, 6.45) is -0.984. The van der Waals surface area contributed by atoms with Gasteiger partial charge < -0.3 is 52.1 Å². The summed E-state index contributed by atoms with van der Waals surface area (Å²) in [5.74, 6) is -11.8. The smallest absolute Gasteiger partial charge is 0.322 e. The molecule has 7 amide bonds. The van der Waals surface area contributed by atoms with E-state index < -0.39 is 133 Å². The number of carboxylic acid groups (broad SMARTS) is 3. The van der Waals surface area contributed by atoms with Gasteiger partial charge >= 0.3 is 17.9 Å². The van der Waals surface area contributed by atoms with Gasteiger partial charge in [-0.2, -0.15) is 0 Å². The Morgan fingerprint density at radius 2 is 1.29 bits per heavy atom. The molecule has 0 radical (unpaired) electrons. The van der Waals surface area contributed by atoms with Crippen molar-refractivity contribution in [3.05, 3.63) is 35.9 Å². The summed E-state index contributed by atoms with van der Waals surface area (Å²) in [5.41, 5.74) is 0.303. The quantitative estimate of drug-likeness (QED) is 0.0550. The van der Waals surface area contributed by atoms with Crippen LogP contribution in [0.25, 0.3) is 0 Å². The Labute approximate surface area is 339 Å². The fraction of sp³-hybridized carbons (Fsp3) is 0.553. The molecule has 1 fully saturated rings. The maximum Gasteiger partial charge on any atom is 0.322 e. The number of hydrogen-bond donors (Lipinski definition) is 9. The van der Waals surface area contributed by atoms with Crippen molar-refractivity contribution in [1.29, 1.82) is 0 Å². The van der Waals surface area contributed by atoms with Gasteiger partial charge in [0.25, 0.3) is 5.91 Å². The van der Waals surface area contributed by atoms with E-state index in [-0.39, 0.29) is 25.8 Å². The van der Waals surface area contributed by atoms with E-state index in [9.17, 15) is 57.8 Å². The van der Waals surface area contributed by atoms with Gasteiger partial charge in [-0.1, -0.05) is 57.5 Å². The molecule has 2 rings (SSSR count). The predicted octanol–water partition coefficient (Wildman–Crippen LogP) is -1.25. The van der Waals surface area contributed by atoms with Crippen LogP contribution in [0.3, 0.4) is 0 Å². The van der Waals surface area contributed by atoms with Gasteiger partial charge in [-0.3, -0.25) is 52.7 Å². The number of amides is 7. The van der Waals surface area contributed by atoms with Crippen molar-refractivity contribution in [2.45, 2.75) is 115 Å². The van der Waals surface area contributed by atoms with Crippen LogP contribution in [-0.2, 0) is 52.7 Å². The Hall–Kier alpha value is -6.41. The van der Waals surface area contributed by atoms with Crippen LogP contribution in [0.2, 0.25) is 0 Å². The SMILES string of the molecule is CCCC(NC(=O)C1CCCN1C(=O)C(NC(=O)C(NC(=O)C(CCC(=O)O)NC(=O)C(CCC(=O)O)NC(C)=O)C(C)C)c1ccccc1)C(=O)C(=O)NCC(=O)O. The Morgan fingerprint density at radius 3 is 1.81 bits per heavy atom. The molecule has 6 atom stereocenters. The Balaban J connectivity index is 2.36. The molecule has 21 heteroatoms. The molecule has 6 unspecified atom stereocenters. The van der Waals surface area contributed by atoms with E-state index in [1.165, 1.54) is 4.90 Å². The summed E-state index contributed by atoms with van der Waals surface area (Å²) in [7, 11) is 0. The standard InChI is InChI=1S/C38H53N7O14/c1-5-10-23(32(53)37(58)39-19-29(51)52)41-35(56)26-13-9-18-45(26)38(59)31(22-11-7-6-8-12-22)44-36(57)30(20(2)3)43-34(55)25(15-17-28(49)50)42-33(54)24(40-21(4)46)14-16-27(47)48/h6-8,11-12,20,23-26,30-31H,5,9-10,13-19H2,1-4H3,(H,39,58)(H,40,46)(H,41,56)(H,42,54)(H,43,55)(H,44,57)(H,47,48)(H,49,50)(H,51,52). The molecule has 1 heterocycles. The second kappa shape index (κ2) is 23.7. The molecule has 1 aromatic carbocycles. The minimum Gasteiger partial charge on any atom is -0.481 e. The third-order valence-corrected chi connectivity index (χ3v) is 9.21. The Bertz CT molecular complexity index is 1740. The van der Waals surface area contributed by atoms with E-state index in [0.29, 0.717) is 18.4 Å². The van der Waals surface area contributed by atoms with Crippen molar-refractivity contribution >= 4 is 65.0 Å². The first-order valence-electron chi connectivity index (χ1n) is 19.1. The van der Waals surface area contributed by atoms with Crippen LogP contribution < -0.4 is 31.9 Å². The van der Waals surface area contributed by atoms with Crippen LogP contribution in [0, 0.1) is 5.92 Å². The molecule has 1 aromatic rings. The normalized spacial score (nSPS) is 15.9. The van der Waals surface area contributed by atoms with Crippen molar-refractivity contribution in [2.24, 2.45) is 5.92 Å². The Kier molecular flexibility index (Phi) is 19.6. The van der Waals surface area contributed by atoms with E-state index in [4.69, 9.17) is 10.2 Å².